The van der Waals surface area contributed by atoms with E-state index in [9.17, 15) is 9.59 Å². The van der Waals surface area contributed by atoms with Gasteiger partial charge in [-0.1, -0.05) is 54.6 Å². The minimum absolute atomic E-state index is 0.0330. The molecule has 0 spiro atoms. The fourth-order valence-corrected chi connectivity index (χ4v) is 4.09. The highest BCUT2D eigenvalue weighted by Crippen LogP contribution is 2.30. The average molecular weight is 407 g/mol. The summed E-state index contributed by atoms with van der Waals surface area (Å²) < 4.78 is 0. The van der Waals surface area contributed by atoms with E-state index in [-0.39, 0.29) is 11.8 Å². The molecule has 152 valence electrons. The highest BCUT2D eigenvalue weighted by Gasteiger charge is 2.25. The van der Waals surface area contributed by atoms with Gasteiger partial charge >= 0.3 is 0 Å². The van der Waals surface area contributed by atoms with Gasteiger partial charge in [0, 0.05) is 24.2 Å². The summed E-state index contributed by atoms with van der Waals surface area (Å²) >= 11 is 0. The molecule has 0 radical (unpaired) electrons. The second kappa shape index (κ2) is 7.61. The lowest BCUT2D eigenvalue weighted by Crippen LogP contribution is -2.33. The zero-order chi connectivity index (χ0) is 21.4. The van der Waals surface area contributed by atoms with E-state index in [0.29, 0.717) is 30.0 Å². The molecular weight excluding hydrogens is 386 g/mol. The van der Waals surface area contributed by atoms with Gasteiger partial charge in [-0.15, -0.1) is 0 Å². The number of carbonyl (C=O) groups is 2. The zero-order valence-electron chi connectivity index (χ0n) is 16.8. The number of anilines is 2. The maximum Gasteiger partial charge on any atom is 0.255 e. The number of hydrogen-bond donors (Lipinski definition) is 2. The van der Waals surface area contributed by atoms with Gasteiger partial charge in [-0.05, 0) is 52.2 Å². The van der Waals surface area contributed by atoms with Crippen LogP contribution in [-0.2, 0) is 13.1 Å². The number of para-hydroxylation sites is 2. The Kier molecular flexibility index (Phi) is 4.64. The summed E-state index contributed by atoms with van der Waals surface area (Å²) in [7, 11) is 0. The topological polar surface area (TPSA) is 75.4 Å². The Morgan fingerprint density at radius 1 is 0.903 bits per heavy atom. The third kappa shape index (κ3) is 3.51. The number of rotatable bonds is 4. The molecule has 0 fully saturated rings. The van der Waals surface area contributed by atoms with E-state index in [4.69, 9.17) is 5.73 Å². The van der Waals surface area contributed by atoms with Crippen molar-refractivity contribution >= 4 is 34.0 Å². The van der Waals surface area contributed by atoms with Crippen LogP contribution >= 0.6 is 0 Å². The van der Waals surface area contributed by atoms with Gasteiger partial charge in [-0.3, -0.25) is 9.59 Å². The summed E-state index contributed by atoms with van der Waals surface area (Å²) in [6.07, 6.45) is 0. The van der Waals surface area contributed by atoms with Crippen molar-refractivity contribution in [3.63, 3.8) is 0 Å². The van der Waals surface area contributed by atoms with Crippen LogP contribution in [0.2, 0.25) is 0 Å². The molecule has 5 heteroatoms. The molecule has 0 bridgehead atoms. The molecule has 0 saturated carbocycles. The Balaban J connectivity index is 1.33. The monoisotopic (exact) mass is 407 g/mol. The Bertz CT molecular complexity index is 1310. The van der Waals surface area contributed by atoms with Crippen LogP contribution in [0.15, 0.2) is 84.9 Å². The fraction of sp³-hybridized carbons (Fsp3) is 0.0769. The Morgan fingerprint density at radius 3 is 2.42 bits per heavy atom. The molecule has 0 saturated heterocycles. The summed E-state index contributed by atoms with van der Waals surface area (Å²) in [6.45, 7) is 1.06. The predicted octanol–water partition coefficient (Wildman–Crippen LogP) is 4.83. The molecule has 4 aromatic rings. The second-order valence-corrected chi connectivity index (χ2v) is 7.72. The van der Waals surface area contributed by atoms with Crippen molar-refractivity contribution in [3.05, 3.63) is 107 Å². The van der Waals surface area contributed by atoms with Crippen molar-refractivity contribution in [2.45, 2.75) is 13.1 Å². The number of benzene rings is 4. The number of hydrogen-bond acceptors (Lipinski definition) is 3. The first-order chi connectivity index (χ1) is 15.1. The van der Waals surface area contributed by atoms with Crippen LogP contribution in [0.25, 0.3) is 10.8 Å². The largest absolute Gasteiger partial charge is 0.397 e. The number of carbonyl (C=O) groups excluding carboxylic acids is 2. The molecule has 3 N–H and O–H groups in total. The van der Waals surface area contributed by atoms with Gasteiger partial charge in [0.05, 0.1) is 11.4 Å². The summed E-state index contributed by atoms with van der Waals surface area (Å²) in [5, 5.41) is 4.98. The summed E-state index contributed by atoms with van der Waals surface area (Å²) in [5.74, 6) is -0.190. The highest BCUT2D eigenvalue weighted by molar-refractivity contribution is 6.10. The highest BCUT2D eigenvalue weighted by atomic mass is 16.2. The number of nitrogen functional groups attached to an aromatic ring is 1. The van der Waals surface area contributed by atoms with Crippen molar-refractivity contribution in [2.24, 2.45) is 0 Å². The zero-order valence-corrected chi connectivity index (χ0v) is 16.8. The third-order valence-electron chi connectivity index (χ3n) is 5.67. The Labute approximate surface area is 180 Å². The maximum atomic E-state index is 13.1. The smallest absolute Gasteiger partial charge is 0.255 e. The number of nitrogens with zero attached hydrogens (tertiary/aromatic N) is 1. The number of amides is 2. The third-order valence-corrected chi connectivity index (χ3v) is 5.67. The molecule has 1 aliphatic heterocycles. The van der Waals surface area contributed by atoms with Gasteiger partial charge in [-0.2, -0.15) is 0 Å². The predicted molar refractivity (Wildman–Crippen MR) is 123 cm³/mol. The van der Waals surface area contributed by atoms with Gasteiger partial charge < -0.3 is 16.0 Å². The van der Waals surface area contributed by atoms with Crippen LogP contribution in [-0.4, -0.2) is 16.7 Å². The van der Waals surface area contributed by atoms with Crippen LogP contribution in [0.5, 0.6) is 0 Å². The Hall–Kier alpha value is -4.12. The van der Waals surface area contributed by atoms with Gasteiger partial charge in [0.1, 0.15) is 0 Å². The fourth-order valence-electron chi connectivity index (χ4n) is 4.09. The van der Waals surface area contributed by atoms with Crippen LogP contribution < -0.4 is 11.1 Å². The molecule has 0 atom stereocenters. The quantitative estimate of drug-likeness (QED) is 0.476. The SMILES string of the molecule is Nc1ccccc1NC(=O)c1ccc(CN2Cc3cccc4cccc(c34)C2=O)cc1. The molecule has 5 nitrogen and oxygen atoms in total. The first-order valence-electron chi connectivity index (χ1n) is 10.1. The van der Waals surface area contributed by atoms with Gasteiger partial charge in [0.2, 0.25) is 0 Å². The van der Waals surface area contributed by atoms with Crippen LogP contribution in [0.3, 0.4) is 0 Å². The minimum atomic E-state index is -0.223. The lowest BCUT2D eigenvalue weighted by molar-refractivity contribution is 0.0724. The molecule has 1 aliphatic rings. The molecule has 2 amide bonds. The number of nitrogens with one attached hydrogen (secondary N) is 1. The summed E-state index contributed by atoms with van der Waals surface area (Å²) in [4.78, 5) is 27.4. The summed E-state index contributed by atoms with van der Waals surface area (Å²) in [6, 6.07) is 26.5. The van der Waals surface area contributed by atoms with E-state index >= 15 is 0 Å². The van der Waals surface area contributed by atoms with Crippen molar-refractivity contribution in [2.75, 3.05) is 11.1 Å². The summed E-state index contributed by atoms with van der Waals surface area (Å²) in [5.41, 5.74) is 10.4. The second-order valence-electron chi connectivity index (χ2n) is 7.72. The van der Waals surface area contributed by atoms with Crippen molar-refractivity contribution in [1.82, 2.24) is 4.90 Å². The maximum absolute atomic E-state index is 13.1. The number of nitrogens with two attached hydrogens (primary N) is 1. The van der Waals surface area contributed by atoms with Crippen molar-refractivity contribution < 1.29 is 9.59 Å². The molecule has 0 aliphatic carbocycles. The Morgan fingerprint density at radius 2 is 1.65 bits per heavy atom. The van der Waals surface area contributed by atoms with Gasteiger partial charge in [0.15, 0.2) is 0 Å². The van der Waals surface area contributed by atoms with Crippen LogP contribution in [0.4, 0.5) is 11.4 Å². The molecule has 4 aromatic carbocycles. The van der Waals surface area contributed by atoms with Crippen molar-refractivity contribution in [3.8, 4) is 0 Å². The molecular formula is C26H21N3O2. The van der Waals surface area contributed by atoms with E-state index in [2.05, 4.69) is 11.4 Å². The first-order valence-corrected chi connectivity index (χ1v) is 10.1. The van der Waals surface area contributed by atoms with Gasteiger partial charge in [-0.25, -0.2) is 0 Å². The normalized spacial score (nSPS) is 12.8. The van der Waals surface area contributed by atoms with E-state index in [0.717, 1.165) is 27.5 Å². The molecule has 31 heavy (non-hydrogen) atoms. The van der Waals surface area contributed by atoms with Crippen molar-refractivity contribution in [1.29, 1.82) is 0 Å². The van der Waals surface area contributed by atoms with E-state index in [1.807, 2.05) is 59.5 Å². The molecule has 5 rings (SSSR count). The van der Waals surface area contributed by atoms with Crippen LogP contribution in [0, 0.1) is 0 Å². The van der Waals surface area contributed by atoms with E-state index < -0.39 is 0 Å². The molecule has 0 aromatic heterocycles. The standard InChI is InChI=1S/C26H21N3O2/c27-22-9-1-2-10-23(22)28-25(30)19-13-11-17(12-14-19)15-29-16-20-7-3-5-18-6-4-8-21(24(18)20)26(29)31/h1-14H,15-16,27H2,(H,28,30). The van der Waals surface area contributed by atoms with E-state index in [1.165, 1.54) is 0 Å². The van der Waals surface area contributed by atoms with Gasteiger partial charge in [0.25, 0.3) is 11.8 Å². The van der Waals surface area contributed by atoms with E-state index in [1.54, 1.807) is 24.3 Å². The van der Waals surface area contributed by atoms with Crippen LogP contribution in [0.1, 0.15) is 31.8 Å². The lowest BCUT2D eigenvalue weighted by Gasteiger charge is -2.29. The molecule has 0 unspecified atom stereocenters. The lowest BCUT2D eigenvalue weighted by atomic mass is 9.94. The molecule has 1 heterocycles. The average Bonchev–Trinajstić information content (AvgIpc) is 2.79. The first kappa shape index (κ1) is 18.9. The minimum Gasteiger partial charge on any atom is -0.397 e.